The molecule has 1 aliphatic rings. The molecule has 1 fully saturated rings. The predicted molar refractivity (Wildman–Crippen MR) is 53.8 cm³/mol. The van der Waals surface area contributed by atoms with Crippen LogP contribution in [-0.2, 0) is 6.54 Å². The Morgan fingerprint density at radius 2 is 2.36 bits per heavy atom. The summed E-state index contributed by atoms with van der Waals surface area (Å²) in [6.07, 6.45) is 4.18. The monoisotopic (exact) mass is 195 g/mol. The minimum atomic E-state index is 0.820. The Balaban J connectivity index is 1.62. The van der Waals surface area contributed by atoms with Crippen molar-refractivity contribution < 1.29 is 4.52 Å². The van der Waals surface area contributed by atoms with Gasteiger partial charge in [-0.05, 0) is 38.4 Å². The molecule has 0 bridgehead atoms. The van der Waals surface area contributed by atoms with E-state index in [0.29, 0.717) is 0 Å². The summed E-state index contributed by atoms with van der Waals surface area (Å²) >= 11 is 0. The Labute approximate surface area is 84.0 Å². The Morgan fingerprint density at radius 3 is 3.07 bits per heavy atom. The van der Waals surface area contributed by atoms with Gasteiger partial charge in [-0.1, -0.05) is 5.16 Å². The van der Waals surface area contributed by atoms with Gasteiger partial charge in [-0.2, -0.15) is 0 Å². The van der Waals surface area contributed by atoms with Gasteiger partial charge in [0, 0.05) is 12.6 Å². The lowest BCUT2D eigenvalue weighted by Crippen LogP contribution is -2.33. The van der Waals surface area contributed by atoms with E-state index in [1.165, 1.54) is 12.8 Å². The molecule has 14 heavy (non-hydrogen) atoms. The van der Waals surface area contributed by atoms with E-state index in [-0.39, 0.29) is 0 Å². The first-order valence-corrected chi connectivity index (χ1v) is 5.26. The Kier molecular flexibility index (Phi) is 3.54. The lowest BCUT2D eigenvalue weighted by atomic mass is 9.98. The minimum absolute atomic E-state index is 0.820. The highest BCUT2D eigenvalue weighted by molar-refractivity contribution is 4.94. The summed E-state index contributed by atoms with van der Waals surface area (Å²) in [6.45, 7) is 4.24. The molecule has 78 valence electrons. The number of nitrogens with zero attached hydrogens (tertiary/aromatic N) is 1. The summed E-state index contributed by atoms with van der Waals surface area (Å²) in [5.41, 5.74) is 0.985. The van der Waals surface area contributed by atoms with E-state index in [1.807, 2.05) is 6.07 Å². The highest BCUT2D eigenvalue weighted by Crippen LogP contribution is 2.09. The van der Waals surface area contributed by atoms with Crippen LogP contribution < -0.4 is 10.6 Å². The number of piperidine rings is 1. The lowest BCUT2D eigenvalue weighted by Gasteiger charge is -2.22. The molecule has 2 rings (SSSR count). The maximum absolute atomic E-state index is 4.76. The normalized spacial score (nSPS) is 18.6. The zero-order valence-electron chi connectivity index (χ0n) is 8.33. The number of rotatable bonds is 4. The molecule has 1 aromatic heterocycles. The molecule has 2 N–H and O–H groups in total. The number of nitrogens with one attached hydrogen (secondary N) is 2. The van der Waals surface area contributed by atoms with Crippen LogP contribution in [0.15, 0.2) is 16.9 Å². The van der Waals surface area contributed by atoms with E-state index in [4.69, 9.17) is 4.52 Å². The summed E-state index contributed by atoms with van der Waals surface area (Å²) in [4.78, 5) is 0. The van der Waals surface area contributed by atoms with Crippen molar-refractivity contribution >= 4 is 0 Å². The molecule has 1 aromatic rings. The quantitative estimate of drug-likeness (QED) is 0.745. The zero-order valence-corrected chi connectivity index (χ0v) is 8.33. The molecule has 1 aliphatic heterocycles. The number of hydrogen-bond acceptors (Lipinski definition) is 4. The van der Waals surface area contributed by atoms with Gasteiger partial charge < -0.3 is 15.2 Å². The van der Waals surface area contributed by atoms with Crippen LogP contribution in [0.4, 0.5) is 0 Å². The van der Waals surface area contributed by atoms with E-state index in [0.717, 1.165) is 37.8 Å². The van der Waals surface area contributed by atoms with E-state index in [1.54, 1.807) is 6.26 Å². The third kappa shape index (κ3) is 2.82. The first-order chi connectivity index (χ1) is 6.95. The van der Waals surface area contributed by atoms with Crippen LogP contribution in [0.3, 0.4) is 0 Å². The van der Waals surface area contributed by atoms with Gasteiger partial charge in [0.05, 0.1) is 5.69 Å². The zero-order chi connectivity index (χ0) is 9.64. The van der Waals surface area contributed by atoms with Crippen LogP contribution in [0.2, 0.25) is 0 Å². The van der Waals surface area contributed by atoms with Crippen molar-refractivity contribution in [1.29, 1.82) is 0 Å². The summed E-state index contributed by atoms with van der Waals surface area (Å²) in [5, 5.41) is 10.6. The van der Waals surface area contributed by atoms with Crippen molar-refractivity contribution in [3.8, 4) is 0 Å². The van der Waals surface area contributed by atoms with Crippen LogP contribution in [0.25, 0.3) is 0 Å². The van der Waals surface area contributed by atoms with Crippen LogP contribution in [0.1, 0.15) is 18.5 Å². The van der Waals surface area contributed by atoms with Gasteiger partial charge in [0.2, 0.25) is 0 Å². The van der Waals surface area contributed by atoms with Crippen LogP contribution >= 0.6 is 0 Å². The largest absolute Gasteiger partial charge is 0.364 e. The molecule has 0 radical (unpaired) electrons. The third-order valence-electron chi connectivity index (χ3n) is 2.69. The van der Waals surface area contributed by atoms with Gasteiger partial charge in [0.15, 0.2) is 0 Å². The maximum Gasteiger partial charge on any atom is 0.124 e. The smallest absolute Gasteiger partial charge is 0.124 e. The van der Waals surface area contributed by atoms with Crippen LogP contribution in [0.5, 0.6) is 0 Å². The third-order valence-corrected chi connectivity index (χ3v) is 2.69. The summed E-state index contributed by atoms with van der Waals surface area (Å²) in [6, 6.07) is 1.90. The van der Waals surface area contributed by atoms with E-state index >= 15 is 0 Å². The molecule has 2 heterocycles. The molecule has 0 saturated carbocycles. The first-order valence-electron chi connectivity index (χ1n) is 5.26. The summed E-state index contributed by atoms with van der Waals surface area (Å²) < 4.78 is 4.76. The van der Waals surface area contributed by atoms with Crippen molar-refractivity contribution in [1.82, 2.24) is 15.8 Å². The molecule has 0 atom stereocenters. The van der Waals surface area contributed by atoms with Crippen molar-refractivity contribution in [3.05, 3.63) is 18.0 Å². The molecule has 4 heteroatoms. The Hall–Kier alpha value is -0.870. The molecular weight excluding hydrogens is 178 g/mol. The summed E-state index contributed by atoms with van der Waals surface area (Å²) in [7, 11) is 0. The highest BCUT2D eigenvalue weighted by atomic mass is 16.5. The fraction of sp³-hybridized carbons (Fsp3) is 0.700. The van der Waals surface area contributed by atoms with Gasteiger partial charge in [-0.15, -0.1) is 0 Å². The topological polar surface area (TPSA) is 50.1 Å². The predicted octanol–water partition coefficient (Wildman–Crippen LogP) is 0.764. The lowest BCUT2D eigenvalue weighted by molar-refractivity contribution is 0.352. The average Bonchev–Trinajstić information content (AvgIpc) is 2.72. The van der Waals surface area contributed by atoms with Gasteiger partial charge >= 0.3 is 0 Å². The van der Waals surface area contributed by atoms with Crippen molar-refractivity contribution in [2.75, 3.05) is 19.6 Å². The maximum atomic E-state index is 4.76. The molecule has 0 amide bonds. The summed E-state index contributed by atoms with van der Waals surface area (Å²) in [5.74, 6) is 0.822. The van der Waals surface area contributed by atoms with Gasteiger partial charge in [-0.25, -0.2) is 0 Å². The first kappa shape index (κ1) is 9.68. The van der Waals surface area contributed by atoms with Gasteiger partial charge in [-0.3, -0.25) is 0 Å². The van der Waals surface area contributed by atoms with Crippen molar-refractivity contribution in [2.24, 2.45) is 5.92 Å². The number of hydrogen-bond donors (Lipinski definition) is 2. The SMILES string of the molecule is c1cc(CNCC2CCNCC2)no1. The Morgan fingerprint density at radius 1 is 1.50 bits per heavy atom. The minimum Gasteiger partial charge on any atom is -0.364 e. The van der Waals surface area contributed by atoms with Crippen molar-refractivity contribution in [2.45, 2.75) is 19.4 Å². The Bertz CT molecular complexity index is 242. The van der Waals surface area contributed by atoms with Crippen LogP contribution in [-0.4, -0.2) is 24.8 Å². The molecule has 1 saturated heterocycles. The second-order valence-corrected chi connectivity index (χ2v) is 3.82. The number of aromatic nitrogens is 1. The van der Waals surface area contributed by atoms with E-state index < -0.39 is 0 Å². The van der Waals surface area contributed by atoms with E-state index in [2.05, 4.69) is 15.8 Å². The molecule has 0 spiro atoms. The highest BCUT2D eigenvalue weighted by Gasteiger charge is 2.11. The van der Waals surface area contributed by atoms with Crippen molar-refractivity contribution in [3.63, 3.8) is 0 Å². The second-order valence-electron chi connectivity index (χ2n) is 3.82. The van der Waals surface area contributed by atoms with E-state index in [9.17, 15) is 0 Å². The molecule has 0 aromatic carbocycles. The van der Waals surface area contributed by atoms with Gasteiger partial charge in [0.25, 0.3) is 0 Å². The molecule has 4 nitrogen and oxygen atoms in total. The average molecular weight is 195 g/mol. The van der Waals surface area contributed by atoms with Crippen LogP contribution in [0, 0.1) is 5.92 Å². The fourth-order valence-electron chi connectivity index (χ4n) is 1.82. The standard InChI is InChI=1S/C10H17N3O/c1-4-11-5-2-9(1)7-12-8-10-3-6-14-13-10/h3,6,9,11-12H,1-2,4-5,7-8H2. The van der Waals surface area contributed by atoms with Gasteiger partial charge in [0.1, 0.15) is 6.26 Å². The molecule has 0 aliphatic carbocycles. The fourth-order valence-corrected chi connectivity index (χ4v) is 1.82. The molecular formula is C10H17N3O. The second kappa shape index (κ2) is 5.12. The molecule has 0 unspecified atom stereocenters.